The lowest BCUT2D eigenvalue weighted by Gasteiger charge is -2.07. The number of non-ortho nitro benzene ring substituents is 1. The van der Waals surface area contributed by atoms with Gasteiger partial charge in [-0.3, -0.25) is 10.1 Å². The van der Waals surface area contributed by atoms with E-state index in [1.807, 2.05) is 12.1 Å². The summed E-state index contributed by atoms with van der Waals surface area (Å²) in [6, 6.07) is 14.2. The average Bonchev–Trinajstić information content (AvgIpc) is 2.60. The van der Waals surface area contributed by atoms with E-state index >= 15 is 0 Å². The number of rotatable bonds is 10. The number of hydrogen-bond donors (Lipinski definition) is 0. The van der Waals surface area contributed by atoms with Crippen LogP contribution in [0.25, 0.3) is 0 Å². The molecule has 0 saturated carbocycles. The molecule has 0 aliphatic rings. The number of benzene rings is 2. The molecule has 4 nitrogen and oxygen atoms in total. The van der Waals surface area contributed by atoms with Crippen LogP contribution in [-0.2, 0) is 6.42 Å². The van der Waals surface area contributed by atoms with E-state index in [1.165, 1.54) is 56.2 Å². The Labute approximate surface area is 143 Å². The topological polar surface area (TPSA) is 52.4 Å². The number of ether oxygens (including phenoxy) is 1. The van der Waals surface area contributed by atoms with E-state index in [0.29, 0.717) is 5.75 Å². The summed E-state index contributed by atoms with van der Waals surface area (Å²) in [6.45, 7) is 2.24. The van der Waals surface area contributed by atoms with Crippen molar-refractivity contribution in [2.24, 2.45) is 0 Å². The highest BCUT2D eigenvalue weighted by molar-refractivity contribution is 5.39. The van der Waals surface area contributed by atoms with Crippen molar-refractivity contribution in [2.45, 2.75) is 51.9 Å². The smallest absolute Gasteiger partial charge is 0.269 e. The Kier molecular flexibility index (Phi) is 7.27. The second kappa shape index (κ2) is 9.71. The van der Waals surface area contributed by atoms with Gasteiger partial charge >= 0.3 is 0 Å². The third-order valence-electron chi connectivity index (χ3n) is 4.03. The molecule has 0 spiro atoms. The molecule has 0 unspecified atom stereocenters. The minimum Gasteiger partial charge on any atom is -0.457 e. The predicted molar refractivity (Wildman–Crippen MR) is 96.7 cm³/mol. The number of nitro benzene ring substituents is 1. The molecule has 24 heavy (non-hydrogen) atoms. The third kappa shape index (κ3) is 6.03. The van der Waals surface area contributed by atoms with Gasteiger partial charge in [0.15, 0.2) is 0 Å². The Hall–Kier alpha value is -2.36. The summed E-state index contributed by atoms with van der Waals surface area (Å²) in [5.41, 5.74) is 1.39. The van der Waals surface area contributed by atoms with E-state index in [0.717, 1.165) is 12.2 Å². The second-order valence-corrected chi connectivity index (χ2v) is 6.01. The number of aryl methyl sites for hydroxylation is 1. The van der Waals surface area contributed by atoms with E-state index in [1.54, 1.807) is 12.1 Å². The lowest BCUT2D eigenvalue weighted by Crippen LogP contribution is -1.89. The molecule has 0 saturated heterocycles. The van der Waals surface area contributed by atoms with Crippen LogP contribution in [-0.4, -0.2) is 4.92 Å². The van der Waals surface area contributed by atoms with Crippen molar-refractivity contribution in [1.29, 1.82) is 0 Å². The summed E-state index contributed by atoms with van der Waals surface area (Å²) >= 11 is 0. The maximum absolute atomic E-state index is 10.6. The molecular weight excluding hydrogens is 302 g/mol. The van der Waals surface area contributed by atoms with Gasteiger partial charge < -0.3 is 4.74 Å². The first kappa shape index (κ1) is 18.0. The monoisotopic (exact) mass is 327 g/mol. The summed E-state index contributed by atoms with van der Waals surface area (Å²) in [5.74, 6) is 1.35. The summed E-state index contributed by atoms with van der Waals surface area (Å²) in [6.07, 6.45) is 8.93. The van der Waals surface area contributed by atoms with Crippen LogP contribution < -0.4 is 4.74 Å². The maximum atomic E-state index is 10.6. The molecule has 0 aliphatic heterocycles. The van der Waals surface area contributed by atoms with E-state index in [9.17, 15) is 10.1 Å². The van der Waals surface area contributed by atoms with Crippen LogP contribution in [0.4, 0.5) is 5.69 Å². The van der Waals surface area contributed by atoms with Crippen molar-refractivity contribution in [3.63, 3.8) is 0 Å². The van der Waals surface area contributed by atoms with Crippen molar-refractivity contribution in [1.82, 2.24) is 0 Å². The minimum atomic E-state index is -0.416. The first-order valence-corrected chi connectivity index (χ1v) is 8.70. The van der Waals surface area contributed by atoms with Gasteiger partial charge in [-0.15, -0.1) is 0 Å². The predicted octanol–water partition coefficient (Wildman–Crippen LogP) is 6.29. The van der Waals surface area contributed by atoms with E-state index < -0.39 is 4.92 Å². The molecule has 0 N–H and O–H groups in total. The van der Waals surface area contributed by atoms with Crippen LogP contribution in [0.15, 0.2) is 48.5 Å². The van der Waals surface area contributed by atoms with Gasteiger partial charge in [-0.1, -0.05) is 51.2 Å². The molecule has 128 valence electrons. The van der Waals surface area contributed by atoms with E-state index in [-0.39, 0.29) is 5.69 Å². The molecule has 2 aromatic rings. The zero-order valence-corrected chi connectivity index (χ0v) is 14.2. The molecule has 0 heterocycles. The molecule has 0 aromatic heterocycles. The van der Waals surface area contributed by atoms with Crippen LogP contribution in [0.5, 0.6) is 11.5 Å². The van der Waals surface area contributed by atoms with Crippen LogP contribution in [0, 0.1) is 10.1 Å². The van der Waals surface area contributed by atoms with E-state index in [2.05, 4.69) is 19.1 Å². The van der Waals surface area contributed by atoms with Crippen molar-refractivity contribution in [3.8, 4) is 11.5 Å². The quantitative estimate of drug-likeness (QED) is 0.293. The number of hydrogen-bond acceptors (Lipinski definition) is 3. The zero-order chi connectivity index (χ0) is 17.2. The second-order valence-electron chi connectivity index (χ2n) is 6.01. The number of nitro groups is 1. The van der Waals surface area contributed by atoms with Gasteiger partial charge in [0.25, 0.3) is 5.69 Å². The van der Waals surface area contributed by atoms with Crippen molar-refractivity contribution >= 4 is 5.69 Å². The van der Waals surface area contributed by atoms with Gasteiger partial charge in [-0.05, 0) is 42.7 Å². The van der Waals surface area contributed by atoms with E-state index in [4.69, 9.17) is 4.74 Å². The van der Waals surface area contributed by atoms with Crippen molar-refractivity contribution in [2.75, 3.05) is 0 Å². The normalized spacial score (nSPS) is 10.5. The highest BCUT2D eigenvalue weighted by Crippen LogP contribution is 2.24. The van der Waals surface area contributed by atoms with Gasteiger partial charge in [0.1, 0.15) is 11.5 Å². The van der Waals surface area contributed by atoms with Crippen molar-refractivity contribution < 1.29 is 9.66 Å². The molecule has 2 rings (SSSR count). The minimum absolute atomic E-state index is 0.0663. The summed E-state index contributed by atoms with van der Waals surface area (Å²) in [5, 5.41) is 10.6. The Balaban J connectivity index is 1.78. The molecule has 0 atom stereocenters. The molecule has 0 fully saturated rings. The number of nitrogens with zero attached hydrogens (tertiary/aromatic N) is 1. The first-order valence-electron chi connectivity index (χ1n) is 8.70. The Morgan fingerprint density at radius 3 is 1.96 bits per heavy atom. The molecule has 0 aliphatic carbocycles. The van der Waals surface area contributed by atoms with Crippen LogP contribution in [0.1, 0.15) is 51.0 Å². The van der Waals surface area contributed by atoms with Gasteiger partial charge in [-0.2, -0.15) is 0 Å². The lowest BCUT2D eigenvalue weighted by atomic mass is 10.0. The van der Waals surface area contributed by atoms with Gasteiger partial charge in [0.2, 0.25) is 0 Å². The fourth-order valence-electron chi connectivity index (χ4n) is 2.61. The summed E-state index contributed by atoms with van der Waals surface area (Å²) in [4.78, 5) is 10.2. The van der Waals surface area contributed by atoms with Gasteiger partial charge in [0.05, 0.1) is 4.92 Å². The van der Waals surface area contributed by atoms with Crippen LogP contribution in [0.3, 0.4) is 0 Å². The fraction of sp³-hybridized carbons (Fsp3) is 0.400. The highest BCUT2D eigenvalue weighted by atomic mass is 16.6. The summed E-state index contributed by atoms with van der Waals surface area (Å²) in [7, 11) is 0. The number of unbranched alkanes of at least 4 members (excludes halogenated alkanes) is 5. The maximum Gasteiger partial charge on any atom is 0.269 e. The van der Waals surface area contributed by atoms with Gasteiger partial charge in [-0.25, -0.2) is 0 Å². The standard InChI is InChI=1S/C20H25NO3/c1-2-3-4-5-6-7-8-17-9-13-19(14-10-17)24-20-15-11-18(12-16-20)21(22)23/h9-16H,2-8H2,1H3. The average molecular weight is 327 g/mol. The van der Waals surface area contributed by atoms with Gasteiger partial charge in [0, 0.05) is 12.1 Å². The van der Waals surface area contributed by atoms with Crippen molar-refractivity contribution in [3.05, 3.63) is 64.2 Å². The Morgan fingerprint density at radius 1 is 0.833 bits per heavy atom. The van der Waals surface area contributed by atoms with Crippen LogP contribution in [0.2, 0.25) is 0 Å². The molecule has 4 heteroatoms. The highest BCUT2D eigenvalue weighted by Gasteiger charge is 2.05. The fourth-order valence-corrected chi connectivity index (χ4v) is 2.61. The Morgan fingerprint density at radius 2 is 1.38 bits per heavy atom. The SMILES string of the molecule is CCCCCCCCc1ccc(Oc2ccc([N+](=O)[O-])cc2)cc1. The third-order valence-corrected chi connectivity index (χ3v) is 4.03. The molecule has 0 bridgehead atoms. The first-order chi connectivity index (χ1) is 11.7. The summed E-state index contributed by atoms with van der Waals surface area (Å²) < 4.78 is 5.72. The Bertz CT molecular complexity index is 620. The molecular formula is C20H25NO3. The molecule has 0 amide bonds. The van der Waals surface area contributed by atoms with Crippen LogP contribution >= 0.6 is 0 Å². The molecule has 2 aromatic carbocycles. The zero-order valence-electron chi connectivity index (χ0n) is 14.2. The largest absolute Gasteiger partial charge is 0.457 e. The molecule has 0 radical (unpaired) electrons. The lowest BCUT2D eigenvalue weighted by molar-refractivity contribution is -0.384.